The molecule has 162 valence electrons. The van der Waals surface area contributed by atoms with Crippen LogP contribution in [0.1, 0.15) is 19.8 Å². The first-order chi connectivity index (χ1) is 14.4. The van der Waals surface area contributed by atoms with Crippen molar-refractivity contribution in [3.8, 4) is 11.5 Å². The van der Waals surface area contributed by atoms with E-state index in [-0.39, 0.29) is 17.3 Å². The Kier molecular flexibility index (Phi) is 6.87. The van der Waals surface area contributed by atoms with Crippen LogP contribution in [0.4, 0.5) is 5.69 Å². The first kappa shape index (κ1) is 22.0. The molecule has 8 heteroatoms. The normalized spacial score (nSPS) is 16.8. The van der Waals surface area contributed by atoms with Crippen LogP contribution in [-0.2, 0) is 14.8 Å². The second kappa shape index (κ2) is 9.38. The fourth-order valence-electron chi connectivity index (χ4n) is 3.65. The molecule has 1 aliphatic rings. The molecule has 2 aromatic carbocycles. The highest BCUT2D eigenvalue weighted by molar-refractivity contribution is 7.92. The molecule has 1 fully saturated rings. The quantitative estimate of drug-likeness (QED) is 0.672. The highest BCUT2D eigenvalue weighted by Crippen LogP contribution is 2.32. The molecular weight excluding hydrogens is 404 g/mol. The molecule has 0 aromatic heterocycles. The van der Waals surface area contributed by atoms with Crippen molar-refractivity contribution in [1.82, 2.24) is 4.90 Å². The number of hydrogen-bond donors (Lipinski definition) is 0. The average molecular weight is 433 g/mol. The van der Waals surface area contributed by atoms with Gasteiger partial charge in [-0.2, -0.15) is 0 Å². The van der Waals surface area contributed by atoms with E-state index < -0.39 is 10.0 Å². The van der Waals surface area contributed by atoms with E-state index >= 15 is 0 Å². The molecule has 7 nitrogen and oxygen atoms in total. The summed E-state index contributed by atoms with van der Waals surface area (Å²) in [5.74, 6) is 0.952. The van der Waals surface area contributed by atoms with Crippen molar-refractivity contribution >= 4 is 21.6 Å². The maximum absolute atomic E-state index is 13.5. The maximum atomic E-state index is 13.5. The van der Waals surface area contributed by atoms with Crippen LogP contribution in [0.15, 0.2) is 53.4 Å². The molecule has 1 aliphatic heterocycles. The minimum absolute atomic E-state index is 0.0313. The molecule has 2 aromatic rings. The lowest BCUT2D eigenvalue weighted by atomic mass is 10.0. The molecule has 0 radical (unpaired) electrons. The smallest absolute Gasteiger partial charge is 0.264 e. The third-order valence-electron chi connectivity index (χ3n) is 5.28. The van der Waals surface area contributed by atoms with Crippen molar-refractivity contribution in [1.29, 1.82) is 0 Å². The number of hydrogen-bond acceptors (Lipinski definition) is 5. The van der Waals surface area contributed by atoms with E-state index in [1.54, 1.807) is 41.3 Å². The Morgan fingerprint density at radius 3 is 2.43 bits per heavy atom. The van der Waals surface area contributed by atoms with E-state index in [1.807, 2.05) is 0 Å². The number of piperidine rings is 1. The van der Waals surface area contributed by atoms with Crippen LogP contribution in [0, 0.1) is 5.92 Å². The Hall–Kier alpha value is -2.74. The van der Waals surface area contributed by atoms with Gasteiger partial charge in [-0.25, -0.2) is 8.42 Å². The van der Waals surface area contributed by atoms with Crippen molar-refractivity contribution in [3.63, 3.8) is 0 Å². The third-order valence-corrected chi connectivity index (χ3v) is 7.05. The molecule has 0 saturated carbocycles. The molecule has 1 saturated heterocycles. The van der Waals surface area contributed by atoms with E-state index in [9.17, 15) is 13.2 Å². The number of methoxy groups -OCH3 is 2. The van der Waals surface area contributed by atoms with Crippen molar-refractivity contribution < 1.29 is 22.7 Å². The molecule has 1 atom stereocenters. The van der Waals surface area contributed by atoms with Crippen LogP contribution < -0.4 is 13.8 Å². The first-order valence-corrected chi connectivity index (χ1v) is 11.4. The van der Waals surface area contributed by atoms with Gasteiger partial charge in [0, 0.05) is 19.2 Å². The summed E-state index contributed by atoms with van der Waals surface area (Å²) in [5.41, 5.74) is 0.436. The van der Waals surface area contributed by atoms with Crippen LogP contribution in [0.25, 0.3) is 0 Å². The highest BCUT2D eigenvalue weighted by Gasteiger charge is 2.31. The minimum Gasteiger partial charge on any atom is -0.493 e. The lowest BCUT2D eigenvalue weighted by molar-refractivity contribution is -0.131. The number of sulfonamides is 1. The van der Waals surface area contributed by atoms with Crippen molar-refractivity contribution in [3.05, 3.63) is 48.5 Å². The van der Waals surface area contributed by atoms with E-state index in [1.165, 1.54) is 26.4 Å². The Morgan fingerprint density at radius 2 is 1.80 bits per heavy atom. The van der Waals surface area contributed by atoms with Gasteiger partial charge in [0.15, 0.2) is 11.5 Å². The van der Waals surface area contributed by atoms with Gasteiger partial charge >= 0.3 is 0 Å². The molecule has 0 N–H and O–H groups in total. The van der Waals surface area contributed by atoms with Crippen molar-refractivity contribution in [2.75, 3.05) is 38.2 Å². The monoisotopic (exact) mass is 432 g/mol. The second-order valence-corrected chi connectivity index (χ2v) is 9.31. The average Bonchev–Trinajstić information content (AvgIpc) is 2.77. The minimum atomic E-state index is -4.01. The molecule has 3 rings (SSSR count). The zero-order chi connectivity index (χ0) is 21.7. The lowest BCUT2D eigenvalue weighted by Crippen LogP contribution is -2.46. The highest BCUT2D eigenvalue weighted by atomic mass is 32.2. The number of ether oxygens (including phenoxy) is 2. The zero-order valence-electron chi connectivity index (χ0n) is 17.6. The number of likely N-dealkylation sites (tertiary alicyclic amines) is 1. The first-order valence-electron chi connectivity index (χ1n) is 9.94. The third kappa shape index (κ3) is 4.70. The molecule has 0 unspecified atom stereocenters. The Bertz CT molecular complexity index is 978. The molecule has 30 heavy (non-hydrogen) atoms. The van der Waals surface area contributed by atoms with Gasteiger partial charge in [0.1, 0.15) is 6.54 Å². The predicted octanol–water partition coefficient (Wildman–Crippen LogP) is 3.16. The summed E-state index contributed by atoms with van der Waals surface area (Å²) < 4.78 is 38.7. The van der Waals surface area contributed by atoms with Gasteiger partial charge in [-0.1, -0.05) is 25.1 Å². The number of carbonyl (C=O) groups excluding carboxylic acids is 1. The summed E-state index contributed by atoms with van der Waals surface area (Å²) in [7, 11) is -1.07. The van der Waals surface area contributed by atoms with Crippen LogP contribution in [-0.4, -0.2) is 53.1 Å². The molecule has 0 bridgehead atoms. The standard InChI is InChI=1S/C22H28N2O5S/c1-17-8-7-13-23(15-17)22(25)16-24(18-9-5-4-6-10-18)30(26,27)19-11-12-20(28-2)21(14-19)29-3/h4-6,9-12,14,17H,7-8,13,15-16H2,1-3H3/t17-/m1/s1. The van der Waals surface area contributed by atoms with Crippen molar-refractivity contribution in [2.45, 2.75) is 24.7 Å². The fraction of sp³-hybridized carbons (Fsp3) is 0.409. The van der Waals surface area contributed by atoms with Gasteiger partial charge in [-0.05, 0) is 43.0 Å². The molecule has 0 aliphatic carbocycles. The Morgan fingerprint density at radius 1 is 1.10 bits per heavy atom. The second-order valence-electron chi connectivity index (χ2n) is 7.45. The Balaban J connectivity index is 1.97. The van der Waals surface area contributed by atoms with Crippen LogP contribution in [0.2, 0.25) is 0 Å². The number of nitrogens with zero attached hydrogens (tertiary/aromatic N) is 2. The summed E-state index contributed by atoms with van der Waals surface area (Å²) in [6, 6.07) is 13.1. The topological polar surface area (TPSA) is 76.2 Å². The van der Waals surface area contributed by atoms with Crippen LogP contribution in [0.5, 0.6) is 11.5 Å². The van der Waals surface area contributed by atoms with Gasteiger partial charge in [0.2, 0.25) is 5.91 Å². The predicted molar refractivity (Wildman–Crippen MR) is 115 cm³/mol. The van der Waals surface area contributed by atoms with Gasteiger partial charge in [-0.3, -0.25) is 9.10 Å². The number of rotatable bonds is 7. The SMILES string of the molecule is COc1ccc(S(=O)(=O)N(CC(=O)N2CCC[C@@H](C)C2)c2ccccc2)cc1OC. The zero-order valence-corrected chi connectivity index (χ0v) is 18.4. The van der Waals surface area contributed by atoms with Crippen LogP contribution in [0.3, 0.4) is 0 Å². The summed E-state index contributed by atoms with van der Waals surface area (Å²) in [4.78, 5) is 14.8. The molecule has 0 spiro atoms. The summed E-state index contributed by atoms with van der Waals surface area (Å²) in [6.07, 6.45) is 2.01. The number of anilines is 1. The van der Waals surface area contributed by atoms with Crippen LogP contribution >= 0.6 is 0 Å². The number of amides is 1. The van der Waals surface area contributed by atoms with Gasteiger partial charge in [0.05, 0.1) is 24.8 Å². The lowest BCUT2D eigenvalue weighted by Gasteiger charge is -2.33. The van der Waals surface area contributed by atoms with Crippen molar-refractivity contribution in [2.24, 2.45) is 5.92 Å². The van der Waals surface area contributed by atoms with E-state index in [0.29, 0.717) is 36.2 Å². The summed E-state index contributed by atoms with van der Waals surface area (Å²) in [6.45, 7) is 3.16. The maximum Gasteiger partial charge on any atom is 0.264 e. The summed E-state index contributed by atoms with van der Waals surface area (Å²) in [5, 5.41) is 0. The van der Waals surface area contributed by atoms with E-state index in [0.717, 1.165) is 17.1 Å². The molecule has 1 heterocycles. The largest absolute Gasteiger partial charge is 0.493 e. The van der Waals surface area contributed by atoms with E-state index in [4.69, 9.17) is 9.47 Å². The number of carbonyl (C=O) groups is 1. The Labute approximate surface area is 178 Å². The van der Waals surface area contributed by atoms with E-state index in [2.05, 4.69) is 6.92 Å². The summed E-state index contributed by atoms with van der Waals surface area (Å²) >= 11 is 0. The molecular formula is C22H28N2O5S. The fourth-order valence-corrected chi connectivity index (χ4v) is 5.08. The number of benzene rings is 2. The van der Waals surface area contributed by atoms with Gasteiger partial charge in [-0.15, -0.1) is 0 Å². The van der Waals surface area contributed by atoms with Gasteiger partial charge in [0.25, 0.3) is 10.0 Å². The molecule has 1 amide bonds. The number of para-hydroxylation sites is 1. The van der Waals surface area contributed by atoms with Gasteiger partial charge < -0.3 is 14.4 Å².